The predicted molar refractivity (Wildman–Crippen MR) is 63.9 cm³/mol. The van der Waals surface area contributed by atoms with Crippen molar-refractivity contribution in [3.63, 3.8) is 0 Å². The summed E-state index contributed by atoms with van der Waals surface area (Å²) < 4.78 is 3.20. The van der Waals surface area contributed by atoms with E-state index in [2.05, 4.69) is 15.4 Å². The van der Waals surface area contributed by atoms with Crippen LogP contribution < -0.4 is 0 Å². The predicted octanol–water partition coefficient (Wildman–Crippen LogP) is 1.13. The Balaban J connectivity index is 2.61. The van der Waals surface area contributed by atoms with E-state index in [0.29, 0.717) is 11.5 Å². The van der Waals surface area contributed by atoms with E-state index in [1.54, 1.807) is 4.68 Å². The summed E-state index contributed by atoms with van der Waals surface area (Å²) in [7, 11) is 1.82. The van der Waals surface area contributed by atoms with Crippen LogP contribution in [-0.2, 0) is 7.05 Å². The van der Waals surface area contributed by atoms with Crippen LogP contribution in [0, 0.1) is 6.92 Å². The minimum atomic E-state index is -1.07. The largest absolute Gasteiger partial charge is 0.476 e. The van der Waals surface area contributed by atoms with Crippen molar-refractivity contribution in [2.24, 2.45) is 7.05 Å². The average Bonchev–Trinajstić information content (AvgIpc) is 2.83. The second-order valence-corrected chi connectivity index (χ2v) is 4.46. The van der Waals surface area contributed by atoms with Crippen molar-refractivity contribution < 1.29 is 9.90 Å². The Morgan fingerprint density at radius 1 is 1.44 bits per heavy atom. The number of carbonyl (C=O) groups is 1. The molecule has 0 atom stereocenters. The molecule has 0 saturated carbocycles. The molecule has 0 unspecified atom stereocenters. The normalized spacial score (nSPS) is 11.2. The van der Waals surface area contributed by atoms with Gasteiger partial charge in [0.25, 0.3) is 0 Å². The third-order valence-corrected chi connectivity index (χ3v) is 2.77. The Labute approximate surface area is 104 Å². The van der Waals surface area contributed by atoms with Crippen LogP contribution in [0.25, 0.3) is 5.82 Å². The summed E-state index contributed by atoms with van der Waals surface area (Å²) in [5.41, 5.74) is 1.50. The molecular weight excluding hydrogens is 234 g/mol. The van der Waals surface area contributed by atoms with Gasteiger partial charge in [0.05, 0.1) is 5.69 Å². The molecule has 0 amide bonds. The molecule has 0 bridgehead atoms. The number of hydrogen-bond donors (Lipinski definition) is 1. The third-order valence-electron chi connectivity index (χ3n) is 2.77. The maximum atomic E-state index is 11.1. The van der Waals surface area contributed by atoms with Gasteiger partial charge in [0.2, 0.25) is 0 Å². The maximum Gasteiger partial charge on any atom is 0.358 e. The molecule has 18 heavy (non-hydrogen) atoms. The van der Waals surface area contributed by atoms with Gasteiger partial charge in [-0.25, -0.2) is 4.79 Å². The van der Waals surface area contributed by atoms with Gasteiger partial charge >= 0.3 is 5.97 Å². The maximum absolute atomic E-state index is 11.1. The molecule has 0 aliphatic heterocycles. The SMILES string of the molecule is Cc1cc(-n2nnc(C(=O)O)c2C(C)C)nn1C. The van der Waals surface area contributed by atoms with E-state index in [0.717, 1.165) is 5.69 Å². The first-order chi connectivity index (χ1) is 8.41. The highest BCUT2D eigenvalue weighted by Gasteiger charge is 2.23. The highest BCUT2D eigenvalue weighted by Crippen LogP contribution is 2.21. The fraction of sp³-hybridized carbons (Fsp3) is 0.455. The zero-order chi connectivity index (χ0) is 13.4. The number of aryl methyl sites for hydroxylation is 2. The Hall–Kier alpha value is -2.18. The van der Waals surface area contributed by atoms with Gasteiger partial charge in [-0.15, -0.1) is 5.10 Å². The Kier molecular flexibility index (Phi) is 2.90. The van der Waals surface area contributed by atoms with E-state index >= 15 is 0 Å². The molecule has 0 fully saturated rings. The zero-order valence-electron chi connectivity index (χ0n) is 10.7. The molecule has 0 radical (unpaired) electrons. The van der Waals surface area contributed by atoms with Crippen LogP contribution in [0.3, 0.4) is 0 Å². The lowest BCUT2D eigenvalue weighted by Gasteiger charge is -2.06. The molecule has 0 spiro atoms. The number of nitrogens with zero attached hydrogens (tertiary/aromatic N) is 5. The first-order valence-electron chi connectivity index (χ1n) is 5.61. The molecule has 0 aliphatic rings. The molecule has 2 heterocycles. The van der Waals surface area contributed by atoms with Crippen molar-refractivity contribution in [3.8, 4) is 5.82 Å². The van der Waals surface area contributed by atoms with E-state index in [1.807, 2.05) is 33.9 Å². The standard InChI is InChI=1S/C11H15N5O2/c1-6(2)10-9(11(17)18)12-14-16(10)8-5-7(3)15(4)13-8/h5-6H,1-4H3,(H,17,18). The minimum absolute atomic E-state index is 0.00610. The van der Waals surface area contributed by atoms with Crippen LogP contribution in [0.1, 0.15) is 41.6 Å². The number of carboxylic acid groups (broad SMARTS) is 1. The summed E-state index contributed by atoms with van der Waals surface area (Å²) in [5, 5.41) is 21.0. The highest BCUT2D eigenvalue weighted by atomic mass is 16.4. The van der Waals surface area contributed by atoms with Crippen molar-refractivity contribution in [3.05, 3.63) is 23.1 Å². The number of aromatic nitrogens is 5. The minimum Gasteiger partial charge on any atom is -0.476 e. The topological polar surface area (TPSA) is 85.8 Å². The van der Waals surface area contributed by atoms with E-state index in [-0.39, 0.29) is 11.6 Å². The molecule has 0 saturated heterocycles. The molecule has 0 aliphatic carbocycles. The van der Waals surface area contributed by atoms with Crippen molar-refractivity contribution in [1.29, 1.82) is 0 Å². The Morgan fingerprint density at radius 3 is 2.56 bits per heavy atom. The van der Waals surface area contributed by atoms with Crippen LogP contribution in [0.15, 0.2) is 6.07 Å². The molecule has 0 aromatic carbocycles. The van der Waals surface area contributed by atoms with Gasteiger partial charge in [0, 0.05) is 18.8 Å². The summed E-state index contributed by atoms with van der Waals surface area (Å²) in [6.07, 6.45) is 0. The number of rotatable bonds is 3. The molecule has 2 aromatic heterocycles. The first kappa shape index (κ1) is 12.3. The van der Waals surface area contributed by atoms with Crippen molar-refractivity contribution in [2.45, 2.75) is 26.7 Å². The second-order valence-electron chi connectivity index (χ2n) is 4.46. The third kappa shape index (κ3) is 1.87. The monoisotopic (exact) mass is 249 g/mol. The molecule has 96 valence electrons. The summed E-state index contributed by atoms with van der Waals surface area (Å²) in [6, 6.07) is 1.84. The summed E-state index contributed by atoms with van der Waals surface area (Å²) in [4.78, 5) is 11.1. The van der Waals surface area contributed by atoms with Gasteiger partial charge in [-0.2, -0.15) is 9.78 Å². The van der Waals surface area contributed by atoms with Crippen molar-refractivity contribution >= 4 is 5.97 Å². The summed E-state index contributed by atoms with van der Waals surface area (Å²) in [6.45, 7) is 5.72. The Morgan fingerprint density at radius 2 is 2.11 bits per heavy atom. The van der Waals surface area contributed by atoms with Crippen LogP contribution in [0.2, 0.25) is 0 Å². The first-order valence-corrected chi connectivity index (χ1v) is 5.61. The molecule has 7 nitrogen and oxygen atoms in total. The van der Waals surface area contributed by atoms with E-state index in [9.17, 15) is 4.79 Å². The lowest BCUT2D eigenvalue weighted by atomic mass is 10.1. The molecule has 1 N–H and O–H groups in total. The molecule has 2 rings (SSSR count). The summed E-state index contributed by atoms with van der Waals surface area (Å²) >= 11 is 0. The smallest absolute Gasteiger partial charge is 0.358 e. The van der Waals surface area contributed by atoms with Gasteiger partial charge < -0.3 is 5.11 Å². The fourth-order valence-corrected chi connectivity index (χ4v) is 1.77. The van der Waals surface area contributed by atoms with Crippen LogP contribution in [-0.4, -0.2) is 35.9 Å². The van der Waals surface area contributed by atoms with E-state index in [1.165, 1.54) is 4.68 Å². The van der Waals surface area contributed by atoms with Crippen molar-refractivity contribution in [2.75, 3.05) is 0 Å². The van der Waals surface area contributed by atoms with Crippen molar-refractivity contribution in [1.82, 2.24) is 24.8 Å². The lowest BCUT2D eigenvalue weighted by Crippen LogP contribution is -2.09. The van der Waals surface area contributed by atoms with Gasteiger partial charge in [-0.3, -0.25) is 4.68 Å². The molecular formula is C11H15N5O2. The van der Waals surface area contributed by atoms with Gasteiger partial charge in [-0.1, -0.05) is 19.1 Å². The van der Waals surface area contributed by atoms with Gasteiger partial charge in [0.1, 0.15) is 0 Å². The lowest BCUT2D eigenvalue weighted by molar-refractivity contribution is 0.0688. The van der Waals surface area contributed by atoms with Crippen LogP contribution in [0.5, 0.6) is 0 Å². The van der Waals surface area contributed by atoms with E-state index < -0.39 is 5.97 Å². The van der Waals surface area contributed by atoms with Crippen LogP contribution in [0.4, 0.5) is 0 Å². The quantitative estimate of drug-likeness (QED) is 0.881. The molecule has 7 heteroatoms. The van der Waals surface area contributed by atoms with Crippen LogP contribution >= 0.6 is 0 Å². The summed E-state index contributed by atoms with van der Waals surface area (Å²) in [5.74, 6) is -0.496. The van der Waals surface area contributed by atoms with Gasteiger partial charge in [0.15, 0.2) is 11.5 Å². The fourth-order valence-electron chi connectivity index (χ4n) is 1.77. The van der Waals surface area contributed by atoms with E-state index in [4.69, 9.17) is 5.11 Å². The van der Waals surface area contributed by atoms with Gasteiger partial charge in [-0.05, 0) is 12.8 Å². The number of hydrogen-bond acceptors (Lipinski definition) is 4. The average molecular weight is 249 g/mol. The molecule has 2 aromatic rings. The zero-order valence-corrected chi connectivity index (χ0v) is 10.7. The highest BCUT2D eigenvalue weighted by molar-refractivity contribution is 5.86. The second kappa shape index (κ2) is 4.25. The number of carboxylic acids is 1. The Bertz CT molecular complexity index is 577. The number of aromatic carboxylic acids is 1.